The number of aromatic nitrogens is 4. The third-order valence-corrected chi connectivity index (χ3v) is 4.83. The van der Waals surface area contributed by atoms with Crippen molar-refractivity contribution in [1.82, 2.24) is 20.0 Å². The molecule has 1 aromatic carbocycles. The molecule has 0 fully saturated rings. The Labute approximate surface area is 152 Å². The number of nitrogens with one attached hydrogen (secondary N) is 1. The van der Waals surface area contributed by atoms with E-state index < -0.39 is 0 Å². The molecule has 25 heavy (non-hydrogen) atoms. The molecule has 0 radical (unpaired) electrons. The summed E-state index contributed by atoms with van der Waals surface area (Å²) in [6.07, 6.45) is 7.98. The molecule has 0 saturated carbocycles. The SMILES string of the molecule is Oc1cccn(CCCCCC(c2ccccc2)c2cn[nH]n2)c1=S. The molecule has 1 atom stereocenters. The summed E-state index contributed by atoms with van der Waals surface area (Å²) in [5, 5.41) is 20.6. The fourth-order valence-corrected chi connectivity index (χ4v) is 3.28. The lowest BCUT2D eigenvalue weighted by molar-refractivity contribution is 0.458. The number of aromatic amines is 1. The van der Waals surface area contributed by atoms with Crippen molar-refractivity contribution in [3.63, 3.8) is 0 Å². The first kappa shape index (κ1) is 17.4. The van der Waals surface area contributed by atoms with E-state index in [2.05, 4.69) is 39.7 Å². The molecule has 0 spiro atoms. The Balaban J connectivity index is 1.54. The first-order chi connectivity index (χ1) is 12.3. The van der Waals surface area contributed by atoms with Gasteiger partial charge in [-0.25, -0.2) is 0 Å². The first-order valence-corrected chi connectivity index (χ1v) is 8.95. The molecule has 0 saturated heterocycles. The normalized spacial score (nSPS) is 12.2. The topological polar surface area (TPSA) is 66.7 Å². The summed E-state index contributed by atoms with van der Waals surface area (Å²) in [5.41, 5.74) is 2.26. The lowest BCUT2D eigenvalue weighted by Crippen LogP contribution is -2.03. The summed E-state index contributed by atoms with van der Waals surface area (Å²) < 4.78 is 2.43. The van der Waals surface area contributed by atoms with Gasteiger partial charge in [0.1, 0.15) is 10.4 Å². The van der Waals surface area contributed by atoms with E-state index in [4.69, 9.17) is 12.2 Å². The Bertz CT molecular complexity index is 830. The number of unbranched alkanes of at least 4 members (excludes halogenated alkanes) is 2. The molecule has 1 unspecified atom stereocenters. The van der Waals surface area contributed by atoms with Crippen LogP contribution in [0.2, 0.25) is 0 Å². The molecule has 130 valence electrons. The largest absolute Gasteiger partial charge is 0.505 e. The maximum absolute atomic E-state index is 9.67. The molecule has 6 heteroatoms. The van der Waals surface area contributed by atoms with E-state index in [0.29, 0.717) is 4.64 Å². The van der Waals surface area contributed by atoms with Gasteiger partial charge in [0.05, 0.1) is 11.9 Å². The fourth-order valence-electron chi connectivity index (χ4n) is 3.06. The predicted octanol–water partition coefficient (Wildman–Crippen LogP) is 4.43. The predicted molar refractivity (Wildman–Crippen MR) is 100 cm³/mol. The lowest BCUT2D eigenvalue weighted by Gasteiger charge is -2.15. The van der Waals surface area contributed by atoms with Crippen LogP contribution in [0.15, 0.2) is 54.9 Å². The van der Waals surface area contributed by atoms with Crippen LogP contribution in [0.25, 0.3) is 0 Å². The van der Waals surface area contributed by atoms with Gasteiger partial charge in [-0.05, 0) is 30.5 Å². The van der Waals surface area contributed by atoms with E-state index in [0.717, 1.165) is 37.9 Å². The highest BCUT2D eigenvalue weighted by molar-refractivity contribution is 7.71. The van der Waals surface area contributed by atoms with Crippen molar-refractivity contribution in [3.05, 3.63) is 70.8 Å². The van der Waals surface area contributed by atoms with Crippen molar-refractivity contribution in [3.8, 4) is 5.75 Å². The zero-order chi connectivity index (χ0) is 17.5. The van der Waals surface area contributed by atoms with Gasteiger partial charge in [-0.1, -0.05) is 55.4 Å². The smallest absolute Gasteiger partial charge is 0.150 e. The number of rotatable bonds is 8. The molecule has 2 heterocycles. The van der Waals surface area contributed by atoms with Crippen molar-refractivity contribution in [2.45, 2.75) is 38.1 Å². The molecular formula is C19H22N4OS. The number of aromatic hydroxyl groups is 1. The van der Waals surface area contributed by atoms with Crippen LogP contribution in [0.5, 0.6) is 5.75 Å². The molecule has 3 aromatic rings. The minimum absolute atomic E-state index is 0.174. The number of hydrogen-bond acceptors (Lipinski definition) is 4. The second-order valence-corrected chi connectivity index (χ2v) is 6.49. The molecule has 0 bridgehead atoms. The Hall–Kier alpha value is -2.47. The summed E-state index contributed by atoms with van der Waals surface area (Å²) >= 11 is 5.22. The highest BCUT2D eigenvalue weighted by Gasteiger charge is 2.16. The van der Waals surface area contributed by atoms with Crippen molar-refractivity contribution in [2.24, 2.45) is 0 Å². The van der Waals surface area contributed by atoms with Gasteiger partial charge in [0.2, 0.25) is 0 Å². The lowest BCUT2D eigenvalue weighted by atomic mass is 9.91. The maximum atomic E-state index is 9.67. The molecule has 3 rings (SSSR count). The minimum Gasteiger partial charge on any atom is -0.505 e. The standard InChI is InChI=1S/C19H22N4OS/c24-18-11-7-13-23(19(18)25)12-6-2-5-10-16(17-14-20-22-21-17)15-8-3-1-4-9-15/h1,3-4,7-9,11,13-14,16,24H,2,5-6,10,12H2,(H,20,21,22). The fraction of sp³-hybridized carbons (Fsp3) is 0.316. The van der Waals surface area contributed by atoms with Crippen LogP contribution in [0.1, 0.15) is 42.9 Å². The molecule has 0 aliphatic heterocycles. The van der Waals surface area contributed by atoms with Crippen LogP contribution >= 0.6 is 12.2 Å². The van der Waals surface area contributed by atoms with E-state index in [1.165, 1.54) is 5.56 Å². The van der Waals surface area contributed by atoms with E-state index in [1.807, 2.05) is 29.1 Å². The number of hydrogen-bond donors (Lipinski definition) is 2. The molecule has 0 aliphatic carbocycles. The quantitative estimate of drug-likeness (QED) is 0.464. The van der Waals surface area contributed by atoms with Gasteiger partial charge in [0, 0.05) is 18.7 Å². The number of pyridine rings is 1. The summed E-state index contributed by atoms with van der Waals surface area (Å²) in [6.45, 7) is 0.827. The van der Waals surface area contributed by atoms with Crippen molar-refractivity contribution >= 4 is 12.2 Å². The van der Waals surface area contributed by atoms with E-state index >= 15 is 0 Å². The number of aryl methyl sites for hydroxylation is 1. The van der Waals surface area contributed by atoms with Crippen LogP contribution in [-0.2, 0) is 6.54 Å². The van der Waals surface area contributed by atoms with E-state index in [9.17, 15) is 5.11 Å². The average molecular weight is 354 g/mol. The molecular weight excluding hydrogens is 332 g/mol. The molecule has 2 aromatic heterocycles. The van der Waals surface area contributed by atoms with Crippen LogP contribution in [0.4, 0.5) is 0 Å². The summed E-state index contributed by atoms with van der Waals surface area (Å²) in [7, 11) is 0. The van der Waals surface area contributed by atoms with Gasteiger partial charge in [-0.2, -0.15) is 15.4 Å². The Morgan fingerprint density at radius 2 is 1.92 bits per heavy atom. The second-order valence-electron chi connectivity index (χ2n) is 6.10. The van der Waals surface area contributed by atoms with Crippen molar-refractivity contribution in [1.29, 1.82) is 0 Å². The summed E-state index contributed by atoms with van der Waals surface area (Å²) in [6, 6.07) is 13.9. The third kappa shape index (κ3) is 4.54. The van der Waals surface area contributed by atoms with Gasteiger partial charge in [0.15, 0.2) is 0 Å². The highest BCUT2D eigenvalue weighted by atomic mass is 32.1. The average Bonchev–Trinajstić information content (AvgIpc) is 3.16. The highest BCUT2D eigenvalue weighted by Crippen LogP contribution is 2.28. The molecule has 0 amide bonds. The number of nitrogens with zero attached hydrogens (tertiary/aromatic N) is 3. The molecule has 5 nitrogen and oxygen atoms in total. The number of H-pyrrole nitrogens is 1. The van der Waals surface area contributed by atoms with Crippen molar-refractivity contribution < 1.29 is 5.11 Å². The van der Waals surface area contributed by atoms with Gasteiger partial charge in [-0.15, -0.1) is 0 Å². The number of benzene rings is 1. The van der Waals surface area contributed by atoms with Gasteiger partial charge < -0.3 is 9.67 Å². The summed E-state index contributed by atoms with van der Waals surface area (Å²) in [4.78, 5) is 0. The van der Waals surface area contributed by atoms with Crippen LogP contribution in [-0.4, -0.2) is 25.1 Å². The zero-order valence-electron chi connectivity index (χ0n) is 14.0. The second kappa shape index (κ2) is 8.58. The van der Waals surface area contributed by atoms with Gasteiger partial charge in [0.25, 0.3) is 0 Å². The Morgan fingerprint density at radius 3 is 2.68 bits per heavy atom. The Morgan fingerprint density at radius 1 is 1.08 bits per heavy atom. The zero-order valence-corrected chi connectivity index (χ0v) is 14.8. The van der Waals surface area contributed by atoms with Crippen molar-refractivity contribution in [2.75, 3.05) is 0 Å². The minimum atomic E-state index is 0.174. The van der Waals surface area contributed by atoms with Crippen LogP contribution < -0.4 is 0 Å². The van der Waals surface area contributed by atoms with Crippen LogP contribution in [0.3, 0.4) is 0 Å². The summed E-state index contributed by atoms with van der Waals surface area (Å²) in [5.74, 6) is 0.440. The first-order valence-electron chi connectivity index (χ1n) is 8.55. The monoisotopic (exact) mass is 354 g/mol. The van der Waals surface area contributed by atoms with Gasteiger partial charge >= 0.3 is 0 Å². The van der Waals surface area contributed by atoms with E-state index in [1.54, 1.807) is 6.07 Å². The third-order valence-electron chi connectivity index (χ3n) is 4.38. The van der Waals surface area contributed by atoms with E-state index in [-0.39, 0.29) is 11.7 Å². The van der Waals surface area contributed by atoms with Gasteiger partial charge in [-0.3, -0.25) is 0 Å². The molecule has 2 N–H and O–H groups in total. The Kier molecular flexibility index (Phi) is 5.95. The van der Waals surface area contributed by atoms with Crippen LogP contribution in [0, 0.1) is 4.64 Å². The maximum Gasteiger partial charge on any atom is 0.150 e. The molecule has 0 aliphatic rings.